The first-order valence-electron chi connectivity index (χ1n) is 10.6. The lowest BCUT2D eigenvalue weighted by Crippen LogP contribution is -2.44. The predicted molar refractivity (Wildman–Crippen MR) is 131 cm³/mol. The molecule has 7 N–H and O–H groups in total. The molecule has 0 fully saturated rings. The zero-order chi connectivity index (χ0) is 25.2. The van der Waals surface area contributed by atoms with E-state index in [2.05, 4.69) is 20.4 Å². The zero-order valence-electron chi connectivity index (χ0n) is 19.0. The van der Waals surface area contributed by atoms with E-state index in [0.29, 0.717) is 28.4 Å². The molecular weight excluding hydrogens is 470 g/mol. The molecule has 2 aromatic carbocycles. The molecule has 0 unspecified atom stereocenters. The van der Waals surface area contributed by atoms with E-state index in [9.17, 15) is 5.11 Å². The number of nitrogen functional groups attached to an aromatic ring is 1. The van der Waals surface area contributed by atoms with Gasteiger partial charge < -0.3 is 30.7 Å². The highest BCUT2D eigenvalue weighted by atomic mass is 32.2. The molecule has 0 saturated carbocycles. The van der Waals surface area contributed by atoms with Gasteiger partial charge in [-0.05, 0) is 31.5 Å². The van der Waals surface area contributed by atoms with Crippen molar-refractivity contribution in [2.24, 2.45) is 0 Å². The first-order valence-corrected chi connectivity index (χ1v) is 11.4. The van der Waals surface area contributed by atoms with Crippen molar-refractivity contribution in [2.75, 3.05) is 5.73 Å². The number of thioether (sulfide) groups is 1. The van der Waals surface area contributed by atoms with E-state index in [1.807, 2.05) is 24.3 Å². The third kappa shape index (κ3) is 6.63. The predicted octanol–water partition coefficient (Wildman–Crippen LogP) is 2.55. The van der Waals surface area contributed by atoms with Crippen molar-refractivity contribution in [2.45, 2.75) is 36.3 Å². The monoisotopic (exact) mass is 495 g/mol. The van der Waals surface area contributed by atoms with Crippen molar-refractivity contribution in [3.05, 3.63) is 66.4 Å². The summed E-state index contributed by atoms with van der Waals surface area (Å²) < 4.78 is 5.50. The molecule has 0 aliphatic carbocycles. The summed E-state index contributed by atoms with van der Waals surface area (Å²) in [5.41, 5.74) is 9.90. The lowest BCUT2D eigenvalue weighted by atomic mass is 10.1. The second kappa shape index (κ2) is 9.74. The molecule has 10 nitrogen and oxygen atoms in total. The second-order valence-electron chi connectivity index (χ2n) is 8.32. The maximum atomic E-state index is 9.98. The molecule has 182 valence electrons. The Labute approximate surface area is 205 Å². The van der Waals surface area contributed by atoms with Crippen LogP contribution in [-0.4, -0.2) is 46.6 Å². The van der Waals surface area contributed by atoms with E-state index in [4.69, 9.17) is 25.6 Å². The summed E-state index contributed by atoms with van der Waals surface area (Å²) in [5.74, 6) is 0.560. The number of aliphatic hydroxyl groups is 4. The van der Waals surface area contributed by atoms with Crippen molar-refractivity contribution in [3.8, 4) is 34.0 Å². The molecular formula is C24H25N5O5S. The Bertz CT molecular complexity index is 1300. The van der Waals surface area contributed by atoms with Crippen LogP contribution in [0.1, 0.15) is 19.4 Å². The molecule has 0 amide bonds. The van der Waals surface area contributed by atoms with E-state index in [1.165, 1.54) is 11.8 Å². The van der Waals surface area contributed by atoms with Gasteiger partial charge in [0.05, 0.1) is 11.9 Å². The van der Waals surface area contributed by atoms with Crippen molar-refractivity contribution < 1.29 is 24.9 Å². The van der Waals surface area contributed by atoms with Crippen LogP contribution in [-0.2, 0) is 6.54 Å². The number of nitrogens with one attached hydrogen (secondary N) is 1. The Hall–Kier alpha value is -3.32. The molecule has 2 aromatic heterocycles. The number of rotatable bonds is 8. The fraction of sp³-hybridized carbons (Fsp3) is 0.208. The van der Waals surface area contributed by atoms with E-state index in [1.54, 1.807) is 50.4 Å². The summed E-state index contributed by atoms with van der Waals surface area (Å²) in [6.45, 7) is 3.51. The summed E-state index contributed by atoms with van der Waals surface area (Å²) in [4.78, 5) is 8.94. The first kappa shape index (κ1) is 24.8. The summed E-state index contributed by atoms with van der Waals surface area (Å²) >= 11 is 1.35. The van der Waals surface area contributed by atoms with Gasteiger partial charge in [-0.2, -0.15) is 0 Å². The van der Waals surface area contributed by atoms with Gasteiger partial charge in [-0.3, -0.25) is 0 Å². The van der Waals surface area contributed by atoms with Crippen molar-refractivity contribution >= 4 is 17.6 Å². The molecule has 0 atom stereocenters. The standard InChI is InChI=1S/C24H25N5O5S/c1-23(2,30)35-17-9-7-16(8-10-17)19-13-26-22(25)21(28-19)20-11-18(29-34-20)15-5-3-14(4-6-15)12-27-24(31,32)33/h3-11,13,27,30-33H,12H2,1-2H3,(H2,25,26). The smallest absolute Gasteiger partial charge is 0.343 e. The molecule has 0 radical (unpaired) electrons. The summed E-state index contributed by atoms with van der Waals surface area (Å²) in [7, 11) is 0. The number of nitrogens with two attached hydrogens (primary N) is 1. The number of benzene rings is 2. The number of anilines is 1. The van der Waals surface area contributed by atoms with Gasteiger partial charge in [0.15, 0.2) is 17.3 Å². The van der Waals surface area contributed by atoms with Crippen LogP contribution in [0.25, 0.3) is 34.0 Å². The second-order valence-corrected chi connectivity index (χ2v) is 10.00. The number of hydrogen-bond donors (Lipinski definition) is 6. The van der Waals surface area contributed by atoms with Gasteiger partial charge in [0, 0.05) is 28.6 Å². The molecule has 2 heterocycles. The van der Waals surface area contributed by atoms with Crippen LogP contribution in [0.2, 0.25) is 0 Å². The van der Waals surface area contributed by atoms with Gasteiger partial charge in [0.2, 0.25) is 0 Å². The van der Waals surface area contributed by atoms with Crippen molar-refractivity contribution in [3.63, 3.8) is 0 Å². The minimum absolute atomic E-state index is 0.0458. The summed E-state index contributed by atoms with van der Waals surface area (Å²) in [5, 5.41) is 43.0. The van der Waals surface area contributed by atoms with Crippen LogP contribution in [0, 0.1) is 0 Å². The van der Waals surface area contributed by atoms with Crippen LogP contribution >= 0.6 is 11.8 Å². The Morgan fingerprint density at radius 1 is 0.943 bits per heavy atom. The highest BCUT2D eigenvalue weighted by molar-refractivity contribution is 8.00. The van der Waals surface area contributed by atoms with E-state index >= 15 is 0 Å². The van der Waals surface area contributed by atoms with E-state index < -0.39 is 11.0 Å². The maximum Gasteiger partial charge on any atom is 0.343 e. The average molecular weight is 496 g/mol. The molecule has 0 saturated heterocycles. The van der Waals surface area contributed by atoms with Gasteiger partial charge in [-0.25, -0.2) is 15.3 Å². The van der Waals surface area contributed by atoms with Crippen LogP contribution < -0.4 is 11.1 Å². The topological polar surface area (TPSA) is 171 Å². The lowest BCUT2D eigenvalue weighted by molar-refractivity contribution is -0.332. The fourth-order valence-corrected chi connectivity index (χ4v) is 4.09. The molecule has 0 aliphatic rings. The molecule has 0 bridgehead atoms. The molecule has 4 rings (SSSR count). The summed E-state index contributed by atoms with van der Waals surface area (Å²) in [6, 6.07) is 16.4. The third-order valence-corrected chi connectivity index (χ3v) is 5.85. The van der Waals surface area contributed by atoms with E-state index in [-0.39, 0.29) is 12.4 Å². The molecule has 0 spiro atoms. The van der Waals surface area contributed by atoms with Crippen LogP contribution in [0.3, 0.4) is 0 Å². The number of nitrogens with zero attached hydrogens (tertiary/aromatic N) is 3. The highest BCUT2D eigenvalue weighted by Gasteiger charge is 2.18. The van der Waals surface area contributed by atoms with Crippen LogP contribution in [0.15, 0.2) is 70.2 Å². The fourth-order valence-electron chi connectivity index (χ4n) is 3.24. The van der Waals surface area contributed by atoms with Crippen molar-refractivity contribution in [1.82, 2.24) is 20.4 Å². The Morgan fingerprint density at radius 2 is 1.57 bits per heavy atom. The minimum Gasteiger partial charge on any atom is -0.382 e. The SMILES string of the molecule is CC(C)(O)Sc1ccc(-c2cnc(N)c(-c3cc(-c4ccc(CNC(O)(O)O)cc4)no3)n2)cc1. The van der Waals surface area contributed by atoms with Crippen LogP contribution in [0.5, 0.6) is 0 Å². The zero-order valence-corrected chi connectivity index (χ0v) is 19.8. The number of hydrogen-bond acceptors (Lipinski definition) is 11. The maximum absolute atomic E-state index is 9.98. The van der Waals surface area contributed by atoms with Gasteiger partial charge in [-0.1, -0.05) is 53.3 Å². The molecule has 0 aliphatic heterocycles. The largest absolute Gasteiger partial charge is 0.382 e. The number of aromatic nitrogens is 3. The minimum atomic E-state index is -2.94. The lowest BCUT2D eigenvalue weighted by Gasteiger charge is -2.16. The van der Waals surface area contributed by atoms with Crippen LogP contribution in [0.4, 0.5) is 5.82 Å². The molecule has 11 heteroatoms. The molecule has 35 heavy (non-hydrogen) atoms. The normalized spacial score (nSPS) is 12.2. The van der Waals surface area contributed by atoms with Gasteiger partial charge in [0.25, 0.3) is 0 Å². The average Bonchev–Trinajstić information content (AvgIpc) is 3.27. The molecule has 4 aromatic rings. The highest BCUT2D eigenvalue weighted by Crippen LogP contribution is 2.33. The van der Waals surface area contributed by atoms with Gasteiger partial charge in [0.1, 0.15) is 10.6 Å². The summed E-state index contributed by atoms with van der Waals surface area (Å²) in [6.07, 6.45) is -1.35. The Balaban J connectivity index is 1.54. The van der Waals surface area contributed by atoms with Gasteiger partial charge >= 0.3 is 6.10 Å². The Morgan fingerprint density at radius 3 is 2.20 bits per heavy atom. The van der Waals surface area contributed by atoms with Gasteiger partial charge in [-0.15, -0.1) is 0 Å². The Kier molecular flexibility index (Phi) is 6.90. The van der Waals surface area contributed by atoms with Crippen molar-refractivity contribution in [1.29, 1.82) is 0 Å². The first-order chi connectivity index (χ1) is 16.5. The van der Waals surface area contributed by atoms with E-state index in [0.717, 1.165) is 16.0 Å². The third-order valence-electron chi connectivity index (χ3n) is 4.84. The quantitative estimate of drug-likeness (QED) is 0.157.